The number of ether oxygens (including phenoxy) is 2. The van der Waals surface area contributed by atoms with Crippen LogP contribution >= 0.6 is 0 Å². The molecule has 2 unspecified atom stereocenters. The van der Waals surface area contributed by atoms with Crippen LogP contribution in [-0.2, 0) is 27.2 Å². The van der Waals surface area contributed by atoms with Gasteiger partial charge in [0.15, 0.2) is 0 Å². The molecule has 0 bridgehead atoms. The fourth-order valence-electron chi connectivity index (χ4n) is 2.93. The van der Waals surface area contributed by atoms with Gasteiger partial charge in [-0.15, -0.1) is 11.6 Å². The zero-order valence-corrected chi connectivity index (χ0v) is 17.2. The van der Waals surface area contributed by atoms with Gasteiger partial charge in [-0.05, 0) is 24.1 Å². The summed E-state index contributed by atoms with van der Waals surface area (Å²) in [5.74, 6) is -2.46. The third-order valence-electron chi connectivity index (χ3n) is 4.32. The Labute approximate surface area is 178 Å². The topological polar surface area (TPSA) is 125 Å². The smallest absolute Gasteiger partial charge is 0.307 e. The van der Waals surface area contributed by atoms with Crippen LogP contribution in [-0.4, -0.2) is 43.1 Å². The number of carbonyl (C=O) groups is 1. The molecule has 2 aromatic carbocycles. The Bertz CT molecular complexity index is 836. The first kappa shape index (κ1) is 23.7. The Balaban J connectivity index is 0.000000469. The molecule has 1 heterocycles. The molecular weight excluding hydrogens is 408 g/mol. The van der Waals surface area contributed by atoms with Crippen molar-refractivity contribution in [3.63, 3.8) is 0 Å². The molecule has 1 fully saturated rings. The van der Waals surface area contributed by atoms with Crippen molar-refractivity contribution in [1.82, 2.24) is 5.06 Å². The lowest BCUT2D eigenvalue weighted by molar-refractivity contribution is -0.360. The summed E-state index contributed by atoms with van der Waals surface area (Å²) in [5.41, 5.74) is 6.42. The maximum absolute atomic E-state index is 11.9. The molecule has 0 aliphatic carbocycles. The zero-order chi connectivity index (χ0) is 22.0. The van der Waals surface area contributed by atoms with E-state index in [9.17, 15) is 18.8 Å². The van der Waals surface area contributed by atoms with Crippen molar-refractivity contribution in [3.8, 4) is 5.75 Å². The zero-order valence-electron chi connectivity index (χ0n) is 16.4. The minimum atomic E-state index is -1.93. The largest absolute Gasteiger partial charge is 0.772 e. The summed E-state index contributed by atoms with van der Waals surface area (Å²) in [7, 11) is 0. The molecule has 9 heteroatoms. The summed E-state index contributed by atoms with van der Waals surface area (Å²) in [6, 6.07) is 18.4. The summed E-state index contributed by atoms with van der Waals surface area (Å²) < 4.78 is 30.9. The number of amides is 1. The summed E-state index contributed by atoms with van der Waals surface area (Å²) in [6.07, 6.45) is 1.69. The van der Waals surface area contributed by atoms with E-state index in [1.165, 1.54) is 6.08 Å². The van der Waals surface area contributed by atoms with E-state index in [4.69, 9.17) is 15.2 Å². The summed E-state index contributed by atoms with van der Waals surface area (Å²) in [5, 5.41) is 11.3. The maximum atomic E-state index is 11.9. The molecule has 1 saturated heterocycles. The lowest BCUT2D eigenvalue weighted by Gasteiger charge is -2.37. The maximum Gasteiger partial charge on any atom is 0.307 e. The van der Waals surface area contributed by atoms with E-state index in [0.717, 1.165) is 10.6 Å². The van der Waals surface area contributed by atoms with Gasteiger partial charge in [-0.25, -0.2) is 0 Å². The highest BCUT2D eigenvalue weighted by atomic mass is 32.2. The van der Waals surface area contributed by atoms with Crippen molar-refractivity contribution >= 4 is 17.0 Å². The molecule has 0 spiro atoms. The van der Waals surface area contributed by atoms with E-state index in [1.807, 2.05) is 36.4 Å². The summed E-state index contributed by atoms with van der Waals surface area (Å²) in [6.45, 7) is 3.61. The molecule has 1 aliphatic heterocycles. The molecule has 162 valence electrons. The summed E-state index contributed by atoms with van der Waals surface area (Å²) in [4.78, 5) is 11.9. The Morgan fingerprint density at radius 3 is 2.37 bits per heavy atom. The Hall–Kier alpha value is -2.56. The number of hydrogen-bond donors (Lipinski definition) is 2. The van der Waals surface area contributed by atoms with Crippen molar-refractivity contribution in [1.29, 1.82) is 0 Å². The number of hydroxylamine groups is 2. The van der Waals surface area contributed by atoms with Crippen molar-refractivity contribution in [3.05, 3.63) is 78.9 Å². The molecule has 3 atom stereocenters. The van der Waals surface area contributed by atoms with Crippen LogP contribution in [0.4, 0.5) is 0 Å². The number of nitrogens with two attached hydrogens (primary N) is 1. The lowest BCUT2D eigenvalue weighted by atomic mass is 10.0. The number of para-hydroxylation sites is 1. The molecule has 1 aliphatic rings. The molecule has 0 aromatic heterocycles. The second-order valence-electron chi connectivity index (χ2n) is 6.45. The third-order valence-corrected chi connectivity index (χ3v) is 4.83. The minimum absolute atomic E-state index is 0.0556. The SMILES string of the molecule is C=CCS(=O)[O-].NC(=O)C1CCN(O)[C@]1(OCc1ccccc1)Oc1ccccc1. The number of benzene rings is 2. The number of carbonyl (C=O) groups excluding carboxylic acids is 1. The number of hydrogen-bond acceptors (Lipinski definition) is 7. The predicted octanol–water partition coefficient (Wildman–Crippen LogP) is 2.18. The number of primary amides is 1. The quantitative estimate of drug-likeness (QED) is 0.371. The average Bonchev–Trinajstić information content (AvgIpc) is 3.05. The van der Waals surface area contributed by atoms with Gasteiger partial charge in [0.2, 0.25) is 5.91 Å². The van der Waals surface area contributed by atoms with Gasteiger partial charge in [-0.2, -0.15) is 0 Å². The molecular formula is C21H25N2O6S-. The highest BCUT2D eigenvalue weighted by molar-refractivity contribution is 7.79. The van der Waals surface area contributed by atoms with E-state index >= 15 is 0 Å². The van der Waals surface area contributed by atoms with E-state index in [0.29, 0.717) is 12.2 Å². The molecule has 30 heavy (non-hydrogen) atoms. The van der Waals surface area contributed by atoms with Gasteiger partial charge < -0.3 is 25.0 Å². The standard InChI is InChI=1S/C18H20N2O4.C3H6O2S/c19-17(21)16-11-12-20(22)18(16,24-15-9-5-2-6-10-15)23-13-14-7-3-1-4-8-14;1-2-3-6(4)5/h1-10,16,22H,11-13H2,(H2,19,21);2H,1,3H2,(H,4,5)/p-1/t16?,18-;/m1./s1. The monoisotopic (exact) mass is 433 g/mol. The Morgan fingerprint density at radius 2 is 1.87 bits per heavy atom. The fraction of sp³-hybridized carbons (Fsp3) is 0.286. The first-order chi connectivity index (χ1) is 14.4. The van der Waals surface area contributed by atoms with Crippen LogP contribution in [0.2, 0.25) is 0 Å². The van der Waals surface area contributed by atoms with Gasteiger partial charge in [0.1, 0.15) is 11.7 Å². The minimum Gasteiger partial charge on any atom is -0.772 e. The second kappa shape index (κ2) is 11.6. The van der Waals surface area contributed by atoms with Gasteiger partial charge in [-0.1, -0.05) is 65.7 Å². The highest BCUT2D eigenvalue weighted by Gasteiger charge is 2.56. The van der Waals surface area contributed by atoms with E-state index in [-0.39, 0.29) is 18.9 Å². The van der Waals surface area contributed by atoms with Gasteiger partial charge in [0.05, 0.1) is 6.61 Å². The average molecular weight is 434 g/mol. The molecule has 0 saturated carbocycles. The van der Waals surface area contributed by atoms with Crippen LogP contribution in [0.3, 0.4) is 0 Å². The van der Waals surface area contributed by atoms with Gasteiger partial charge in [-0.3, -0.25) is 9.00 Å². The predicted molar refractivity (Wildman–Crippen MR) is 111 cm³/mol. The van der Waals surface area contributed by atoms with Crippen LogP contribution in [0.1, 0.15) is 12.0 Å². The summed E-state index contributed by atoms with van der Waals surface area (Å²) >= 11 is -1.93. The van der Waals surface area contributed by atoms with E-state index < -0.39 is 28.8 Å². The normalized spacial score (nSPS) is 21.9. The first-order valence-corrected chi connectivity index (χ1v) is 10.5. The third kappa shape index (κ3) is 6.48. The Kier molecular flexibility index (Phi) is 9.15. The van der Waals surface area contributed by atoms with Gasteiger partial charge in [0.25, 0.3) is 0 Å². The second-order valence-corrected chi connectivity index (χ2v) is 7.39. The van der Waals surface area contributed by atoms with Gasteiger partial charge >= 0.3 is 5.91 Å². The molecule has 0 radical (unpaired) electrons. The molecule has 8 nitrogen and oxygen atoms in total. The van der Waals surface area contributed by atoms with E-state index in [2.05, 4.69) is 6.58 Å². The Morgan fingerprint density at radius 1 is 1.27 bits per heavy atom. The van der Waals surface area contributed by atoms with E-state index in [1.54, 1.807) is 24.3 Å². The van der Waals surface area contributed by atoms with Crippen LogP contribution in [0, 0.1) is 5.92 Å². The van der Waals surface area contributed by atoms with Crippen molar-refractivity contribution in [2.24, 2.45) is 11.7 Å². The van der Waals surface area contributed by atoms with Crippen LogP contribution in [0.5, 0.6) is 5.75 Å². The fourth-order valence-corrected chi connectivity index (χ4v) is 3.13. The number of nitrogens with zero attached hydrogens (tertiary/aromatic N) is 1. The molecule has 1 amide bonds. The molecule has 3 N–H and O–H groups in total. The first-order valence-electron chi connectivity index (χ1n) is 9.23. The van der Waals surface area contributed by atoms with Crippen molar-refractivity contribution < 1.29 is 28.2 Å². The highest BCUT2D eigenvalue weighted by Crippen LogP contribution is 2.37. The van der Waals surface area contributed by atoms with Crippen molar-refractivity contribution in [2.45, 2.75) is 18.9 Å². The number of rotatable bonds is 8. The van der Waals surface area contributed by atoms with Crippen LogP contribution < -0.4 is 10.5 Å². The molecule has 3 rings (SSSR count). The lowest BCUT2D eigenvalue weighted by Crippen LogP contribution is -2.56. The molecule has 2 aromatic rings. The van der Waals surface area contributed by atoms with Crippen LogP contribution in [0.15, 0.2) is 73.3 Å². The van der Waals surface area contributed by atoms with Crippen LogP contribution in [0.25, 0.3) is 0 Å². The van der Waals surface area contributed by atoms with Crippen molar-refractivity contribution in [2.75, 3.05) is 12.3 Å². The van der Waals surface area contributed by atoms with Gasteiger partial charge in [0, 0.05) is 12.3 Å².